The van der Waals surface area contributed by atoms with Crippen LogP contribution in [-0.2, 0) is 11.3 Å². The summed E-state index contributed by atoms with van der Waals surface area (Å²) in [5.74, 6) is -0.208. The Morgan fingerprint density at radius 1 is 1.39 bits per heavy atom. The zero-order valence-electron chi connectivity index (χ0n) is 13.5. The largest absolute Gasteiger partial charge is 0.352 e. The van der Waals surface area contributed by atoms with Crippen molar-refractivity contribution in [1.82, 2.24) is 20.1 Å². The Bertz CT molecular complexity index is 939. The van der Waals surface area contributed by atoms with Gasteiger partial charge in [-0.3, -0.25) is 9.59 Å². The number of amides is 1. The van der Waals surface area contributed by atoms with Crippen LogP contribution in [-0.4, -0.2) is 26.7 Å². The van der Waals surface area contributed by atoms with Gasteiger partial charge in [-0.1, -0.05) is 18.6 Å². The Morgan fingerprint density at radius 3 is 2.91 bits per heavy atom. The van der Waals surface area contributed by atoms with Crippen LogP contribution < -0.4 is 10.9 Å². The van der Waals surface area contributed by atoms with Gasteiger partial charge in [0.1, 0.15) is 12.1 Å². The minimum atomic E-state index is -0.282. The number of benzene rings is 1. The number of rotatable bonds is 4. The molecule has 2 heterocycles. The van der Waals surface area contributed by atoms with Crippen molar-refractivity contribution in [3.63, 3.8) is 0 Å². The van der Waals surface area contributed by atoms with Crippen molar-refractivity contribution in [2.24, 2.45) is 0 Å². The molecule has 0 radical (unpaired) electrons. The highest BCUT2D eigenvalue weighted by Gasteiger charge is 2.13. The van der Waals surface area contributed by atoms with Gasteiger partial charge in [0.2, 0.25) is 5.91 Å². The third-order valence-electron chi connectivity index (χ3n) is 4.08. The van der Waals surface area contributed by atoms with E-state index in [-0.39, 0.29) is 24.1 Å². The number of hydrogen-bond donors (Lipinski definition) is 2. The van der Waals surface area contributed by atoms with E-state index in [1.165, 1.54) is 4.68 Å². The topological polar surface area (TPSA) is 79.8 Å². The number of hydrogen-bond acceptors (Lipinski definition) is 3. The molecule has 0 bridgehead atoms. The molecule has 6 heteroatoms. The fraction of sp³-hybridized carbons (Fsp3) is 0.353. The molecule has 3 rings (SSSR count). The van der Waals surface area contributed by atoms with Crippen LogP contribution in [0.2, 0.25) is 0 Å². The quantitative estimate of drug-likeness (QED) is 0.774. The number of aromatic nitrogens is 3. The van der Waals surface area contributed by atoms with Crippen molar-refractivity contribution in [3.05, 3.63) is 40.3 Å². The molecular formula is C17H20N4O2. The summed E-state index contributed by atoms with van der Waals surface area (Å²) in [4.78, 5) is 27.7. The number of fused-ring (bicyclic) bond motifs is 3. The van der Waals surface area contributed by atoms with E-state index >= 15 is 0 Å². The summed E-state index contributed by atoms with van der Waals surface area (Å²) >= 11 is 0. The molecule has 6 nitrogen and oxygen atoms in total. The number of nitrogens with zero attached hydrogens (tertiary/aromatic N) is 2. The summed E-state index contributed by atoms with van der Waals surface area (Å²) in [7, 11) is 0. The molecule has 0 aliphatic heterocycles. The molecule has 0 aliphatic carbocycles. The van der Waals surface area contributed by atoms with E-state index in [4.69, 9.17) is 0 Å². The maximum atomic E-state index is 12.6. The van der Waals surface area contributed by atoms with Crippen molar-refractivity contribution in [3.8, 4) is 0 Å². The summed E-state index contributed by atoms with van der Waals surface area (Å²) in [5, 5.41) is 8.75. The molecule has 2 N–H and O–H groups in total. The maximum Gasteiger partial charge on any atom is 0.291 e. The second kappa shape index (κ2) is 5.87. The molecule has 0 saturated carbocycles. The third-order valence-corrected chi connectivity index (χ3v) is 4.08. The molecule has 0 saturated heterocycles. The Morgan fingerprint density at radius 2 is 2.17 bits per heavy atom. The van der Waals surface area contributed by atoms with Crippen molar-refractivity contribution >= 4 is 27.7 Å². The smallest absolute Gasteiger partial charge is 0.291 e. The lowest BCUT2D eigenvalue weighted by molar-refractivity contribution is -0.122. The van der Waals surface area contributed by atoms with Crippen LogP contribution in [0.4, 0.5) is 0 Å². The monoisotopic (exact) mass is 312 g/mol. The summed E-state index contributed by atoms with van der Waals surface area (Å²) in [6.07, 6.45) is 2.49. The summed E-state index contributed by atoms with van der Waals surface area (Å²) in [5.41, 5.74) is 2.22. The molecule has 2 aromatic heterocycles. The van der Waals surface area contributed by atoms with Gasteiger partial charge in [0.05, 0.1) is 6.20 Å². The third kappa shape index (κ3) is 2.84. The van der Waals surface area contributed by atoms with Crippen molar-refractivity contribution in [1.29, 1.82) is 0 Å². The standard InChI is InChI=1S/C17H20N4O2/c1-4-11(3)19-15(22)9-21-17(23)16-13(8-18-21)12-7-10(2)5-6-14(12)20-16/h5-8,11,20H,4,9H2,1-3H3,(H,19,22)/t11-/m0/s1. The summed E-state index contributed by atoms with van der Waals surface area (Å²) in [6.45, 7) is 5.85. The lowest BCUT2D eigenvalue weighted by Crippen LogP contribution is -2.37. The molecule has 1 atom stereocenters. The Labute approximate surface area is 133 Å². The number of carbonyl (C=O) groups excluding carboxylic acids is 1. The highest BCUT2D eigenvalue weighted by atomic mass is 16.2. The van der Waals surface area contributed by atoms with Crippen LogP contribution in [0.1, 0.15) is 25.8 Å². The molecule has 0 fully saturated rings. The first-order valence-corrected chi connectivity index (χ1v) is 7.77. The molecule has 0 aliphatic rings. The minimum absolute atomic E-state index is 0.0759. The van der Waals surface area contributed by atoms with Crippen LogP contribution in [0.5, 0.6) is 0 Å². The zero-order chi connectivity index (χ0) is 16.6. The molecule has 0 spiro atoms. The fourth-order valence-corrected chi connectivity index (χ4v) is 2.61. The average molecular weight is 312 g/mol. The van der Waals surface area contributed by atoms with Gasteiger partial charge in [-0.15, -0.1) is 0 Å². The van der Waals surface area contributed by atoms with Gasteiger partial charge >= 0.3 is 0 Å². The SMILES string of the molecule is CC[C@H](C)NC(=O)Cn1ncc2c([nH]c3ccc(C)cc32)c1=O. The highest BCUT2D eigenvalue weighted by molar-refractivity contribution is 6.06. The van der Waals surface area contributed by atoms with Crippen molar-refractivity contribution in [2.75, 3.05) is 0 Å². The molecular weight excluding hydrogens is 292 g/mol. The van der Waals surface area contributed by atoms with Crippen LogP contribution in [0.3, 0.4) is 0 Å². The molecule has 23 heavy (non-hydrogen) atoms. The lowest BCUT2D eigenvalue weighted by atomic mass is 10.1. The number of aryl methyl sites for hydroxylation is 1. The lowest BCUT2D eigenvalue weighted by Gasteiger charge is -2.11. The second-order valence-electron chi connectivity index (χ2n) is 5.95. The molecule has 3 aromatic rings. The van der Waals surface area contributed by atoms with E-state index in [1.54, 1.807) is 6.20 Å². The first-order valence-electron chi connectivity index (χ1n) is 7.77. The minimum Gasteiger partial charge on any atom is -0.352 e. The zero-order valence-corrected chi connectivity index (χ0v) is 13.5. The van der Waals surface area contributed by atoms with E-state index in [0.29, 0.717) is 5.52 Å². The van der Waals surface area contributed by atoms with Crippen LogP contribution in [0.25, 0.3) is 21.8 Å². The normalized spacial score (nSPS) is 12.7. The Kier molecular flexibility index (Phi) is 3.90. The van der Waals surface area contributed by atoms with Crippen LogP contribution in [0, 0.1) is 6.92 Å². The Hall–Kier alpha value is -2.63. The van der Waals surface area contributed by atoms with Gasteiger partial charge in [-0.05, 0) is 32.4 Å². The van der Waals surface area contributed by atoms with Crippen molar-refractivity contribution < 1.29 is 4.79 Å². The predicted molar refractivity (Wildman–Crippen MR) is 90.5 cm³/mol. The molecule has 1 aromatic carbocycles. The van der Waals surface area contributed by atoms with Crippen molar-refractivity contribution in [2.45, 2.75) is 39.8 Å². The van der Waals surface area contributed by atoms with Gasteiger partial charge in [0, 0.05) is 22.3 Å². The number of aromatic amines is 1. The number of nitrogens with one attached hydrogen (secondary N) is 2. The van der Waals surface area contributed by atoms with Gasteiger partial charge < -0.3 is 10.3 Å². The second-order valence-corrected chi connectivity index (χ2v) is 5.95. The highest BCUT2D eigenvalue weighted by Crippen LogP contribution is 2.23. The molecule has 120 valence electrons. The number of H-pyrrole nitrogens is 1. The van der Waals surface area contributed by atoms with E-state index in [9.17, 15) is 9.59 Å². The summed E-state index contributed by atoms with van der Waals surface area (Å²) < 4.78 is 1.20. The maximum absolute atomic E-state index is 12.6. The molecule has 1 amide bonds. The fourth-order valence-electron chi connectivity index (χ4n) is 2.61. The van der Waals surface area contributed by atoms with Crippen LogP contribution >= 0.6 is 0 Å². The van der Waals surface area contributed by atoms with Gasteiger partial charge in [-0.2, -0.15) is 5.10 Å². The van der Waals surface area contributed by atoms with E-state index < -0.39 is 0 Å². The first-order chi connectivity index (χ1) is 11.0. The first kappa shape index (κ1) is 15.3. The van der Waals surface area contributed by atoms with E-state index in [0.717, 1.165) is 28.3 Å². The van der Waals surface area contributed by atoms with Gasteiger partial charge in [0.15, 0.2) is 0 Å². The van der Waals surface area contributed by atoms with Crippen LogP contribution in [0.15, 0.2) is 29.2 Å². The van der Waals surface area contributed by atoms with Gasteiger partial charge in [0.25, 0.3) is 5.56 Å². The van der Waals surface area contributed by atoms with Gasteiger partial charge in [-0.25, -0.2) is 4.68 Å². The predicted octanol–water partition coefficient (Wildman–Crippen LogP) is 2.10. The summed E-state index contributed by atoms with van der Waals surface area (Å²) in [6, 6.07) is 6.04. The van der Waals surface area contributed by atoms with E-state index in [1.807, 2.05) is 39.0 Å². The number of carbonyl (C=O) groups is 1. The average Bonchev–Trinajstić information content (AvgIpc) is 2.88. The molecule has 0 unspecified atom stereocenters. The van der Waals surface area contributed by atoms with E-state index in [2.05, 4.69) is 15.4 Å². The Balaban J connectivity index is 2.01.